The summed E-state index contributed by atoms with van der Waals surface area (Å²) in [4.78, 5) is 11.4. The molecule has 0 spiro atoms. The van der Waals surface area contributed by atoms with Gasteiger partial charge in [-0.15, -0.1) is 0 Å². The molecule has 0 aliphatic heterocycles. The molecule has 1 aromatic rings. The zero-order valence-electron chi connectivity index (χ0n) is 8.06. The van der Waals surface area contributed by atoms with Gasteiger partial charge in [0.1, 0.15) is 5.25 Å². The Bertz CT molecular complexity index is 402. The minimum atomic E-state index is -3.29. The number of ketones is 1. The maximum Gasteiger partial charge on any atom is 0.157 e. The normalized spacial score (nSPS) is 13.9. The van der Waals surface area contributed by atoms with Crippen molar-refractivity contribution in [2.45, 2.75) is 18.6 Å². The molecular weight excluding hydrogens is 204 g/mol. The van der Waals surface area contributed by atoms with Crippen LogP contribution in [0.2, 0.25) is 0 Å². The highest BCUT2D eigenvalue weighted by Crippen LogP contribution is 2.07. The molecule has 1 atom stereocenters. The minimum Gasteiger partial charge on any atom is -0.472 e. The molecule has 0 saturated heterocycles. The molecule has 0 amide bonds. The van der Waals surface area contributed by atoms with Crippen LogP contribution in [0.25, 0.3) is 0 Å². The number of sulfone groups is 1. The average Bonchev–Trinajstić information content (AvgIpc) is 2.53. The van der Waals surface area contributed by atoms with E-state index in [9.17, 15) is 13.2 Å². The first-order chi connectivity index (χ1) is 6.41. The van der Waals surface area contributed by atoms with Crippen molar-refractivity contribution in [2.24, 2.45) is 0 Å². The molecule has 5 heteroatoms. The van der Waals surface area contributed by atoms with Crippen LogP contribution >= 0.6 is 0 Å². The van der Waals surface area contributed by atoms with Crippen molar-refractivity contribution >= 4 is 15.6 Å². The van der Waals surface area contributed by atoms with Gasteiger partial charge in [-0.25, -0.2) is 8.42 Å². The summed E-state index contributed by atoms with van der Waals surface area (Å²) in [7, 11) is -3.29. The molecule has 0 bridgehead atoms. The fraction of sp³-hybridized carbons (Fsp3) is 0.444. The molecule has 0 aliphatic rings. The number of rotatable bonds is 4. The third-order valence-electron chi connectivity index (χ3n) is 2.05. The Morgan fingerprint density at radius 3 is 2.64 bits per heavy atom. The van der Waals surface area contributed by atoms with Gasteiger partial charge in [-0.2, -0.15) is 0 Å². The summed E-state index contributed by atoms with van der Waals surface area (Å²) in [5.74, 6) is -0.311. The van der Waals surface area contributed by atoms with Crippen molar-refractivity contribution in [2.75, 3.05) is 6.26 Å². The predicted molar refractivity (Wildman–Crippen MR) is 51.7 cm³/mol. The molecule has 1 unspecified atom stereocenters. The number of furan rings is 1. The highest BCUT2D eigenvalue weighted by Gasteiger charge is 2.23. The summed E-state index contributed by atoms with van der Waals surface area (Å²) in [6.45, 7) is 1.40. The van der Waals surface area contributed by atoms with Crippen molar-refractivity contribution in [3.05, 3.63) is 24.2 Å². The maximum absolute atomic E-state index is 11.4. The van der Waals surface area contributed by atoms with Crippen LogP contribution in [0.5, 0.6) is 0 Å². The fourth-order valence-corrected chi connectivity index (χ4v) is 1.54. The molecule has 0 fully saturated rings. The van der Waals surface area contributed by atoms with Gasteiger partial charge in [0.05, 0.1) is 12.5 Å². The first kappa shape index (κ1) is 11.0. The summed E-state index contributed by atoms with van der Waals surface area (Å²) in [5.41, 5.74) is 0.700. The van der Waals surface area contributed by atoms with E-state index in [2.05, 4.69) is 0 Å². The van der Waals surface area contributed by atoms with Crippen LogP contribution in [0.4, 0.5) is 0 Å². The number of carbonyl (C=O) groups excluding carboxylic acids is 1. The van der Waals surface area contributed by atoms with Crippen molar-refractivity contribution in [1.29, 1.82) is 0 Å². The van der Waals surface area contributed by atoms with Crippen molar-refractivity contribution in [3.63, 3.8) is 0 Å². The average molecular weight is 216 g/mol. The Labute approximate surface area is 82.8 Å². The first-order valence-electron chi connectivity index (χ1n) is 4.14. The smallest absolute Gasteiger partial charge is 0.157 e. The van der Waals surface area contributed by atoms with Crippen LogP contribution in [0, 0.1) is 0 Å². The Morgan fingerprint density at radius 2 is 2.21 bits per heavy atom. The van der Waals surface area contributed by atoms with Crippen molar-refractivity contribution in [3.8, 4) is 0 Å². The van der Waals surface area contributed by atoms with Gasteiger partial charge < -0.3 is 4.42 Å². The topological polar surface area (TPSA) is 64.3 Å². The molecule has 0 saturated carbocycles. The molecule has 0 aromatic carbocycles. The Morgan fingerprint density at radius 1 is 1.57 bits per heavy atom. The van der Waals surface area contributed by atoms with E-state index in [1.807, 2.05) is 0 Å². The van der Waals surface area contributed by atoms with Crippen LogP contribution in [0.15, 0.2) is 23.0 Å². The van der Waals surface area contributed by atoms with E-state index >= 15 is 0 Å². The Balaban J connectivity index is 2.69. The van der Waals surface area contributed by atoms with Gasteiger partial charge in [0, 0.05) is 12.7 Å². The van der Waals surface area contributed by atoms with Crippen molar-refractivity contribution < 1.29 is 17.6 Å². The lowest BCUT2D eigenvalue weighted by Crippen LogP contribution is -2.27. The molecule has 0 radical (unpaired) electrons. The molecule has 78 valence electrons. The van der Waals surface area contributed by atoms with Crippen LogP contribution in [0.1, 0.15) is 12.5 Å². The highest BCUT2D eigenvalue weighted by atomic mass is 32.2. The van der Waals surface area contributed by atoms with E-state index in [1.54, 1.807) is 6.07 Å². The van der Waals surface area contributed by atoms with E-state index in [0.717, 1.165) is 6.26 Å². The molecular formula is C9H12O4S. The van der Waals surface area contributed by atoms with E-state index < -0.39 is 15.1 Å². The Kier molecular flexibility index (Phi) is 3.10. The summed E-state index contributed by atoms with van der Waals surface area (Å²) >= 11 is 0. The number of carbonyl (C=O) groups is 1. The lowest BCUT2D eigenvalue weighted by Gasteiger charge is -2.06. The third kappa shape index (κ3) is 2.70. The van der Waals surface area contributed by atoms with E-state index in [1.165, 1.54) is 19.5 Å². The SMILES string of the molecule is CC(C(=O)Cc1ccoc1)S(C)(=O)=O. The maximum atomic E-state index is 11.4. The lowest BCUT2D eigenvalue weighted by atomic mass is 10.1. The minimum absolute atomic E-state index is 0.102. The van der Waals surface area contributed by atoms with Gasteiger partial charge >= 0.3 is 0 Å². The molecule has 0 N–H and O–H groups in total. The second-order valence-corrected chi connectivity index (χ2v) is 5.61. The summed E-state index contributed by atoms with van der Waals surface area (Å²) < 4.78 is 26.9. The third-order valence-corrected chi connectivity index (χ3v) is 3.60. The van der Waals surface area contributed by atoms with Gasteiger partial charge in [0.25, 0.3) is 0 Å². The van der Waals surface area contributed by atoms with Gasteiger partial charge in [-0.05, 0) is 18.6 Å². The van der Waals surface area contributed by atoms with E-state index in [-0.39, 0.29) is 12.2 Å². The van der Waals surface area contributed by atoms with E-state index in [0.29, 0.717) is 5.56 Å². The molecule has 4 nitrogen and oxygen atoms in total. The van der Waals surface area contributed by atoms with Gasteiger partial charge in [0.15, 0.2) is 15.6 Å². The molecule has 1 heterocycles. The first-order valence-corrected chi connectivity index (χ1v) is 6.09. The standard InChI is InChI=1S/C9H12O4S/c1-7(14(2,11)12)9(10)5-8-3-4-13-6-8/h3-4,6-7H,5H2,1-2H3. The largest absolute Gasteiger partial charge is 0.472 e. The molecule has 0 aliphatic carbocycles. The zero-order valence-corrected chi connectivity index (χ0v) is 8.87. The summed E-state index contributed by atoms with van der Waals surface area (Å²) in [6.07, 6.45) is 4.05. The van der Waals surface area contributed by atoms with Gasteiger partial charge in [-0.1, -0.05) is 0 Å². The fourth-order valence-electron chi connectivity index (χ4n) is 0.977. The van der Waals surface area contributed by atoms with Crippen LogP contribution < -0.4 is 0 Å². The zero-order chi connectivity index (χ0) is 10.8. The monoisotopic (exact) mass is 216 g/mol. The predicted octanol–water partition coefficient (Wildman–Crippen LogP) is 0.824. The number of Topliss-reactive ketones (excluding diaryl/α,β-unsaturated/α-hetero) is 1. The lowest BCUT2D eigenvalue weighted by molar-refractivity contribution is -0.117. The number of hydrogen-bond donors (Lipinski definition) is 0. The molecule has 14 heavy (non-hydrogen) atoms. The van der Waals surface area contributed by atoms with E-state index in [4.69, 9.17) is 4.42 Å². The number of hydrogen-bond acceptors (Lipinski definition) is 4. The van der Waals surface area contributed by atoms with Crippen LogP contribution in [-0.2, 0) is 21.1 Å². The summed E-state index contributed by atoms with van der Waals surface area (Å²) in [5, 5.41) is -0.947. The highest BCUT2D eigenvalue weighted by molar-refractivity contribution is 7.92. The molecule has 1 aromatic heterocycles. The Hall–Kier alpha value is -1.10. The van der Waals surface area contributed by atoms with Gasteiger partial charge in [-0.3, -0.25) is 4.79 Å². The summed E-state index contributed by atoms with van der Waals surface area (Å²) in [6, 6.07) is 1.65. The van der Waals surface area contributed by atoms with Crippen molar-refractivity contribution in [1.82, 2.24) is 0 Å². The quantitative estimate of drug-likeness (QED) is 0.747. The second-order valence-electron chi connectivity index (χ2n) is 3.25. The van der Waals surface area contributed by atoms with Crippen LogP contribution in [-0.4, -0.2) is 25.7 Å². The second kappa shape index (κ2) is 3.96. The van der Waals surface area contributed by atoms with Gasteiger partial charge in [0.2, 0.25) is 0 Å². The molecule has 1 rings (SSSR count). The van der Waals surface area contributed by atoms with Crippen LogP contribution in [0.3, 0.4) is 0 Å².